The van der Waals surface area contributed by atoms with E-state index < -0.39 is 0 Å². The maximum Gasteiger partial charge on any atom is 0.270 e. The Bertz CT molecular complexity index is 720. The van der Waals surface area contributed by atoms with Crippen LogP contribution in [0.1, 0.15) is 36.2 Å². The molecule has 1 aromatic carbocycles. The molecule has 120 valence electrons. The van der Waals surface area contributed by atoms with Crippen LogP contribution in [-0.4, -0.2) is 29.0 Å². The first kappa shape index (κ1) is 15.1. The Morgan fingerprint density at radius 3 is 2.74 bits per heavy atom. The number of aromatic nitrogens is 1. The van der Waals surface area contributed by atoms with Crippen LogP contribution in [-0.2, 0) is 0 Å². The first-order chi connectivity index (χ1) is 11.2. The molecule has 2 bridgehead atoms. The molecule has 1 amide bonds. The second-order valence-electron chi connectivity index (χ2n) is 6.30. The topological polar surface area (TPSA) is 54.0 Å². The van der Waals surface area contributed by atoms with Crippen molar-refractivity contribution in [2.24, 2.45) is 0 Å². The van der Waals surface area contributed by atoms with E-state index in [1.54, 1.807) is 0 Å². The van der Waals surface area contributed by atoms with E-state index in [-0.39, 0.29) is 11.9 Å². The summed E-state index contributed by atoms with van der Waals surface area (Å²) in [7, 11) is 0. The van der Waals surface area contributed by atoms with Crippen molar-refractivity contribution in [3.05, 3.63) is 40.4 Å². The Labute approximate surface area is 144 Å². The maximum absolute atomic E-state index is 12.5. The van der Waals surface area contributed by atoms with Crippen LogP contribution in [0.4, 0.5) is 0 Å². The molecule has 3 heterocycles. The van der Waals surface area contributed by atoms with Crippen LogP contribution in [0.15, 0.2) is 29.6 Å². The lowest BCUT2D eigenvalue weighted by atomic mass is 10.00. The van der Waals surface area contributed by atoms with Crippen molar-refractivity contribution in [2.45, 2.75) is 43.8 Å². The maximum atomic E-state index is 12.5. The zero-order valence-electron chi connectivity index (χ0n) is 12.6. The molecule has 0 radical (unpaired) electrons. The lowest BCUT2D eigenvalue weighted by molar-refractivity contribution is 0.0919. The van der Waals surface area contributed by atoms with Gasteiger partial charge in [-0.3, -0.25) is 4.79 Å². The Morgan fingerprint density at radius 1 is 1.26 bits per heavy atom. The first-order valence-electron chi connectivity index (χ1n) is 7.96. The fourth-order valence-corrected chi connectivity index (χ4v) is 4.69. The normalized spacial score (nSPS) is 26.2. The highest BCUT2D eigenvalue weighted by Crippen LogP contribution is 2.30. The van der Waals surface area contributed by atoms with Gasteiger partial charge in [-0.25, -0.2) is 4.98 Å². The molecule has 0 saturated carbocycles. The van der Waals surface area contributed by atoms with E-state index in [0.717, 1.165) is 23.4 Å². The van der Waals surface area contributed by atoms with Crippen LogP contribution in [0, 0.1) is 0 Å². The van der Waals surface area contributed by atoms with Gasteiger partial charge in [0.15, 0.2) is 0 Å². The van der Waals surface area contributed by atoms with Gasteiger partial charge in [0, 0.05) is 29.1 Å². The van der Waals surface area contributed by atoms with E-state index in [2.05, 4.69) is 15.6 Å². The Morgan fingerprint density at radius 2 is 2.00 bits per heavy atom. The monoisotopic (exact) mass is 347 g/mol. The van der Waals surface area contributed by atoms with Gasteiger partial charge in [0.2, 0.25) is 0 Å². The summed E-state index contributed by atoms with van der Waals surface area (Å²) in [5, 5.41) is 9.98. The molecule has 2 N–H and O–H groups in total. The van der Waals surface area contributed by atoms with Crippen LogP contribution >= 0.6 is 22.9 Å². The van der Waals surface area contributed by atoms with Crippen LogP contribution in [0.25, 0.3) is 10.6 Å². The van der Waals surface area contributed by atoms with E-state index in [0.29, 0.717) is 22.8 Å². The van der Waals surface area contributed by atoms with E-state index >= 15 is 0 Å². The molecule has 0 spiro atoms. The number of hydrogen-bond acceptors (Lipinski definition) is 4. The number of rotatable bonds is 3. The highest BCUT2D eigenvalue weighted by Gasteiger charge is 2.34. The van der Waals surface area contributed by atoms with Crippen molar-refractivity contribution < 1.29 is 4.79 Å². The molecule has 4 rings (SSSR count). The first-order valence-corrected chi connectivity index (χ1v) is 9.22. The summed E-state index contributed by atoms with van der Waals surface area (Å²) in [6, 6.07) is 8.95. The van der Waals surface area contributed by atoms with Gasteiger partial charge < -0.3 is 10.6 Å². The van der Waals surface area contributed by atoms with Crippen molar-refractivity contribution in [2.75, 3.05) is 0 Å². The van der Waals surface area contributed by atoms with Crippen molar-refractivity contribution in [1.82, 2.24) is 15.6 Å². The second-order valence-corrected chi connectivity index (χ2v) is 7.56. The van der Waals surface area contributed by atoms with Crippen LogP contribution < -0.4 is 10.6 Å². The Hall–Kier alpha value is -1.43. The van der Waals surface area contributed by atoms with E-state index in [1.807, 2.05) is 29.6 Å². The number of carbonyl (C=O) groups is 1. The third-order valence-corrected chi connectivity index (χ3v) is 5.85. The summed E-state index contributed by atoms with van der Waals surface area (Å²) >= 11 is 7.65. The fourth-order valence-electron chi connectivity index (χ4n) is 3.57. The zero-order chi connectivity index (χ0) is 15.8. The van der Waals surface area contributed by atoms with Gasteiger partial charge >= 0.3 is 0 Å². The summed E-state index contributed by atoms with van der Waals surface area (Å²) in [6.45, 7) is 0. The van der Waals surface area contributed by atoms with E-state index in [1.165, 1.54) is 24.2 Å². The number of benzene rings is 1. The van der Waals surface area contributed by atoms with E-state index in [9.17, 15) is 4.79 Å². The molecule has 0 aliphatic carbocycles. The van der Waals surface area contributed by atoms with Gasteiger partial charge in [-0.15, -0.1) is 11.3 Å². The lowest BCUT2D eigenvalue weighted by Gasteiger charge is -2.29. The number of nitrogens with one attached hydrogen (secondary N) is 2. The van der Waals surface area contributed by atoms with Crippen LogP contribution in [0.2, 0.25) is 5.02 Å². The standard InChI is InChI=1S/C17H18ClN3OS/c18-14-4-2-1-3-13(14)17-21-15(9-23-17)16(22)20-12-7-10-5-6-11(8-12)19-10/h1-4,9-12,19H,5-8H2,(H,20,22). The summed E-state index contributed by atoms with van der Waals surface area (Å²) in [5.41, 5.74) is 1.36. The number of piperidine rings is 1. The molecule has 1 aromatic heterocycles. The summed E-state index contributed by atoms with van der Waals surface area (Å²) < 4.78 is 0. The van der Waals surface area contributed by atoms with Gasteiger partial charge in [-0.1, -0.05) is 29.8 Å². The SMILES string of the molecule is O=C(NC1CC2CCC(C1)N2)c1csc(-c2ccccc2Cl)n1. The van der Waals surface area contributed by atoms with Crippen LogP contribution in [0.5, 0.6) is 0 Å². The number of halogens is 1. The lowest BCUT2D eigenvalue weighted by Crippen LogP contribution is -2.48. The quantitative estimate of drug-likeness (QED) is 0.893. The average molecular weight is 348 g/mol. The minimum atomic E-state index is -0.0779. The number of thiazole rings is 1. The predicted molar refractivity (Wildman–Crippen MR) is 93.0 cm³/mol. The smallest absolute Gasteiger partial charge is 0.270 e. The molecule has 2 unspecified atom stereocenters. The fraction of sp³-hybridized carbons (Fsp3) is 0.412. The minimum Gasteiger partial charge on any atom is -0.348 e. The average Bonchev–Trinajstić information content (AvgIpc) is 3.15. The molecule has 2 saturated heterocycles. The van der Waals surface area contributed by atoms with Gasteiger partial charge in [-0.05, 0) is 31.7 Å². The third-order valence-electron chi connectivity index (χ3n) is 4.65. The molecule has 2 aliphatic rings. The second kappa shape index (κ2) is 6.23. The zero-order valence-corrected chi connectivity index (χ0v) is 14.2. The molecular formula is C17H18ClN3OS. The third kappa shape index (κ3) is 3.13. The summed E-state index contributed by atoms with van der Waals surface area (Å²) in [4.78, 5) is 16.9. The van der Waals surface area contributed by atoms with Crippen molar-refractivity contribution in [3.63, 3.8) is 0 Å². The predicted octanol–water partition coefficient (Wildman–Crippen LogP) is 3.48. The summed E-state index contributed by atoms with van der Waals surface area (Å²) in [6.07, 6.45) is 4.49. The number of hydrogen-bond donors (Lipinski definition) is 2. The number of nitrogens with zero attached hydrogens (tertiary/aromatic N) is 1. The molecule has 2 fully saturated rings. The summed E-state index contributed by atoms with van der Waals surface area (Å²) in [5.74, 6) is -0.0779. The number of fused-ring (bicyclic) bond motifs is 2. The Kier molecular flexibility index (Phi) is 4.09. The van der Waals surface area contributed by atoms with Crippen molar-refractivity contribution in [1.29, 1.82) is 0 Å². The van der Waals surface area contributed by atoms with Gasteiger partial charge in [-0.2, -0.15) is 0 Å². The minimum absolute atomic E-state index is 0.0779. The van der Waals surface area contributed by atoms with Crippen molar-refractivity contribution >= 4 is 28.8 Å². The number of amides is 1. The van der Waals surface area contributed by atoms with Gasteiger partial charge in [0.1, 0.15) is 10.7 Å². The molecule has 23 heavy (non-hydrogen) atoms. The van der Waals surface area contributed by atoms with Gasteiger partial charge in [0.25, 0.3) is 5.91 Å². The largest absolute Gasteiger partial charge is 0.348 e. The molecule has 6 heteroatoms. The number of carbonyl (C=O) groups excluding carboxylic acids is 1. The highest BCUT2D eigenvalue weighted by molar-refractivity contribution is 7.13. The van der Waals surface area contributed by atoms with Gasteiger partial charge in [0.05, 0.1) is 5.02 Å². The molecule has 2 aromatic rings. The molecule has 4 nitrogen and oxygen atoms in total. The molecular weight excluding hydrogens is 330 g/mol. The van der Waals surface area contributed by atoms with Crippen molar-refractivity contribution in [3.8, 4) is 10.6 Å². The van der Waals surface area contributed by atoms with Crippen LogP contribution in [0.3, 0.4) is 0 Å². The van der Waals surface area contributed by atoms with E-state index in [4.69, 9.17) is 11.6 Å². The molecule has 2 atom stereocenters. The Balaban J connectivity index is 1.46. The highest BCUT2D eigenvalue weighted by atomic mass is 35.5. The molecule has 2 aliphatic heterocycles.